The van der Waals surface area contributed by atoms with Crippen LogP contribution in [0.1, 0.15) is 38.2 Å². The molecule has 1 aromatic rings. The summed E-state index contributed by atoms with van der Waals surface area (Å²) >= 11 is 0. The highest BCUT2D eigenvalue weighted by Crippen LogP contribution is 2.16. The first-order valence-corrected chi connectivity index (χ1v) is 10.3. The number of likely N-dealkylation sites (N-methyl/N-ethyl adjacent to an activating group) is 2. The van der Waals surface area contributed by atoms with Gasteiger partial charge < -0.3 is 25.7 Å². The van der Waals surface area contributed by atoms with Gasteiger partial charge in [0.1, 0.15) is 12.1 Å². The van der Waals surface area contributed by atoms with Crippen LogP contribution in [-0.4, -0.2) is 76.2 Å². The van der Waals surface area contributed by atoms with Crippen LogP contribution in [0.2, 0.25) is 0 Å². The third-order valence-corrected chi connectivity index (χ3v) is 5.30. The number of primary amides is 1. The Morgan fingerprint density at radius 1 is 1.03 bits per heavy atom. The average Bonchev–Trinajstić information content (AvgIpc) is 2.75. The van der Waals surface area contributed by atoms with Gasteiger partial charge in [-0.1, -0.05) is 50.1 Å². The Balaban J connectivity index is 3.10. The number of nitrogens with zero attached hydrogens (tertiary/aromatic N) is 2. The van der Waals surface area contributed by atoms with Crippen molar-refractivity contribution >= 4 is 17.7 Å². The van der Waals surface area contributed by atoms with Crippen molar-refractivity contribution in [2.45, 2.75) is 63.4 Å². The number of carbonyl (C=O) groups is 3. The predicted octanol–water partition coefficient (Wildman–Crippen LogP) is -0.909. The fraction of sp³-hybridized carbons (Fsp3) is 0.571. The lowest BCUT2D eigenvalue weighted by Crippen LogP contribution is -2.58. The van der Waals surface area contributed by atoms with E-state index in [2.05, 4.69) is 5.43 Å². The highest BCUT2D eigenvalue weighted by molar-refractivity contribution is 5.92. The molecule has 0 aliphatic heterocycles. The molecule has 10 heteroatoms. The van der Waals surface area contributed by atoms with Crippen LogP contribution >= 0.6 is 0 Å². The van der Waals surface area contributed by atoms with E-state index in [4.69, 9.17) is 11.6 Å². The van der Waals surface area contributed by atoms with Gasteiger partial charge in [-0.05, 0) is 12.0 Å². The van der Waals surface area contributed by atoms with Gasteiger partial charge in [0, 0.05) is 26.9 Å². The summed E-state index contributed by atoms with van der Waals surface area (Å²) in [5, 5.41) is 19.0. The van der Waals surface area contributed by atoms with Gasteiger partial charge in [-0.25, -0.2) is 5.43 Å². The Morgan fingerprint density at radius 3 is 2.10 bits per heavy atom. The second-order valence-corrected chi connectivity index (χ2v) is 7.60. The van der Waals surface area contributed by atoms with E-state index in [1.807, 2.05) is 37.3 Å². The Kier molecular flexibility index (Phi) is 11.1. The van der Waals surface area contributed by atoms with E-state index in [9.17, 15) is 24.6 Å². The molecular formula is C21H35N5O5. The van der Waals surface area contributed by atoms with Gasteiger partial charge in [0.05, 0.1) is 6.04 Å². The van der Waals surface area contributed by atoms with Gasteiger partial charge in [0.15, 0.2) is 6.29 Å². The molecule has 0 aliphatic rings. The minimum atomic E-state index is -1.83. The first-order valence-electron chi connectivity index (χ1n) is 10.3. The molecule has 0 fully saturated rings. The lowest BCUT2D eigenvalue weighted by molar-refractivity contribution is -0.152. The van der Waals surface area contributed by atoms with Crippen LogP contribution in [0.3, 0.4) is 0 Å². The molecule has 3 atom stereocenters. The fourth-order valence-corrected chi connectivity index (χ4v) is 3.36. The highest BCUT2D eigenvalue weighted by atomic mass is 16.5. The zero-order valence-corrected chi connectivity index (χ0v) is 18.4. The zero-order valence-electron chi connectivity index (χ0n) is 18.4. The van der Waals surface area contributed by atoms with Crippen molar-refractivity contribution in [3.05, 3.63) is 35.9 Å². The van der Waals surface area contributed by atoms with Crippen molar-refractivity contribution in [2.24, 2.45) is 11.6 Å². The number of nitrogens with two attached hydrogens (primary N) is 2. The maximum atomic E-state index is 13.2. The summed E-state index contributed by atoms with van der Waals surface area (Å²) in [7, 11) is 2.80. The lowest BCUT2D eigenvalue weighted by Gasteiger charge is -2.35. The first kappa shape index (κ1) is 26.5. The Hall–Kier alpha value is -2.53. The molecule has 10 nitrogen and oxygen atoms in total. The molecule has 0 radical (unpaired) electrons. The molecule has 1 rings (SSSR count). The average molecular weight is 438 g/mol. The quantitative estimate of drug-likeness (QED) is 0.152. The smallest absolute Gasteiger partial charge is 0.245 e. The van der Waals surface area contributed by atoms with Crippen LogP contribution < -0.4 is 17.0 Å². The monoisotopic (exact) mass is 437 g/mol. The molecule has 1 aromatic carbocycles. The number of aliphatic hydroxyl groups is 2. The van der Waals surface area contributed by atoms with Crippen molar-refractivity contribution in [3.8, 4) is 0 Å². The molecule has 31 heavy (non-hydrogen) atoms. The normalized spacial score (nSPS) is 14.0. The number of hydrogen-bond acceptors (Lipinski definition) is 7. The summed E-state index contributed by atoms with van der Waals surface area (Å²) in [6.07, 6.45) is -0.00163. The SMILES string of the molecule is CCCC[C@H](NN)C(=O)N(C)[C@H](CC(O)O)C(=O)N(C)[C@@H](Cc1ccccc1)C(N)=O. The summed E-state index contributed by atoms with van der Waals surface area (Å²) in [5.74, 6) is 3.72. The van der Waals surface area contributed by atoms with E-state index in [-0.39, 0.29) is 6.42 Å². The maximum absolute atomic E-state index is 13.2. The predicted molar refractivity (Wildman–Crippen MR) is 116 cm³/mol. The van der Waals surface area contributed by atoms with E-state index < -0.39 is 48.6 Å². The van der Waals surface area contributed by atoms with E-state index in [1.54, 1.807) is 0 Å². The number of nitrogens with one attached hydrogen (secondary N) is 1. The second kappa shape index (κ2) is 13.0. The maximum Gasteiger partial charge on any atom is 0.245 e. The largest absolute Gasteiger partial charge is 0.368 e. The van der Waals surface area contributed by atoms with Crippen molar-refractivity contribution in [1.82, 2.24) is 15.2 Å². The van der Waals surface area contributed by atoms with Crippen molar-refractivity contribution in [3.63, 3.8) is 0 Å². The van der Waals surface area contributed by atoms with Crippen LogP contribution in [0.4, 0.5) is 0 Å². The van der Waals surface area contributed by atoms with Crippen LogP contribution in [-0.2, 0) is 20.8 Å². The molecule has 0 bridgehead atoms. The molecule has 0 saturated carbocycles. The Morgan fingerprint density at radius 2 is 1.61 bits per heavy atom. The summed E-state index contributed by atoms with van der Waals surface area (Å²) in [6.45, 7) is 1.97. The van der Waals surface area contributed by atoms with Crippen molar-refractivity contribution in [1.29, 1.82) is 0 Å². The number of amides is 3. The molecule has 0 spiro atoms. The van der Waals surface area contributed by atoms with Crippen LogP contribution in [0.15, 0.2) is 30.3 Å². The second-order valence-electron chi connectivity index (χ2n) is 7.60. The summed E-state index contributed by atoms with van der Waals surface area (Å²) in [4.78, 5) is 40.5. The molecule has 0 heterocycles. The third-order valence-electron chi connectivity index (χ3n) is 5.30. The number of hydrogen-bond donors (Lipinski definition) is 5. The standard InChI is InChI=1S/C21H35N5O5/c1-4-5-11-15(24-23)20(30)26(3)17(13-18(27)28)21(31)25(2)16(19(22)29)12-14-9-7-6-8-10-14/h6-10,15-18,24,27-28H,4-5,11-13,23H2,1-3H3,(H2,22,29)/t15-,16-,17+/m0/s1. The van der Waals surface area contributed by atoms with Crippen LogP contribution in [0, 0.1) is 0 Å². The van der Waals surface area contributed by atoms with Crippen LogP contribution in [0.25, 0.3) is 0 Å². The molecule has 0 aromatic heterocycles. The minimum absolute atomic E-state index is 0.188. The van der Waals surface area contributed by atoms with Gasteiger partial charge >= 0.3 is 0 Å². The van der Waals surface area contributed by atoms with Crippen molar-refractivity contribution < 1.29 is 24.6 Å². The molecule has 0 saturated heterocycles. The van der Waals surface area contributed by atoms with Gasteiger partial charge in [0.2, 0.25) is 17.7 Å². The molecular weight excluding hydrogens is 402 g/mol. The van der Waals surface area contributed by atoms with Gasteiger partial charge in [-0.2, -0.15) is 0 Å². The van der Waals surface area contributed by atoms with E-state index in [0.29, 0.717) is 6.42 Å². The van der Waals surface area contributed by atoms with Crippen LogP contribution in [0.5, 0.6) is 0 Å². The number of carbonyl (C=O) groups excluding carboxylic acids is 3. The number of unbranched alkanes of at least 4 members (excludes halogenated alkanes) is 1. The molecule has 0 unspecified atom stereocenters. The number of hydrazine groups is 1. The Bertz CT molecular complexity index is 715. The zero-order chi connectivity index (χ0) is 23.6. The molecule has 0 aliphatic carbocycles. The lowest BCUT2D eigenvalue weighted by atomic mass is 10.0. The minimum Gasteiger partial charge on any atom is -0.368 e. The van der Waals surface area contributed by atoms with Gasteiger partial charge in [-0.15, -0.1) is 0 Å². The third kappa shape index (κ3) is 7.91. The topological polar surface area (TPSA) is 162 Å². The van der Waals surface area contributed by atoms with Crippen molar-refractivity contribution in [2.75, 3.05) is 14.1 Å². The van der Waals surface area contributed by atoms with E-state index in [1.165, 1.54) is 14.1 Å². The highest BCUT2D eigenvalue weighted by Gasteiger charge is 2.36. The van der Waals surface area contributed by atoms with Gasteiger partial charge in [0.25, 0.3) is 0 Å². The molecule has 174 valence electrons. The summed E-state index contributed by atoms with van der Waals surface area (Å²) in [5.41, 5.74) is 8.81. The summed E-state index contributed by atoms with van der Waals surface area (Å²) < 4.78 is 0. The number of benzene rings is 1. The molecule has 3 amide bonds. The molecule has 7 N–H and O–H groups in total. The Labute approximate surface area is 183 Å². The first-order chi connectivity index (χ1) is 14.6. The van der Waals surface area contributed by atoms with E-state index in [0.717, 1.165) is 28.2 Å². The number of rotatable bonds is 13. The number of aliphatic hydroxyl groups excluding tert-OH is 1. The van der Waals surface area contributed by atoms with E-state index >= 15 is 0 Å². The summed E-state index contributed by atoms with van der Waals surface area (Å²) in [6, 6.07) is 6.16. The fourth-order valence-electron chi connectivity index (χ4n) is 3.36. The van der Waals surface area contributed by atoms with Gasteiger partial charge in [-0.3, -0.25) is 20.2 Å².